The van der Waals surface area contributed by atoms with Crippen LogP contribution in [0.3, 0.4) is 0 Å². The van der Waals surface area contributed by atoms with Crippen LogP contribution in [-0.2, 0) is 19.2 Å². The molecule has 0 heterocycles. The van der Waals surface area contributed by atoms with Gasteiger partial charge in [-0.15, -0.1) is 0 Å². The molecule has 104 valence electrons. The maximum atomic E-state index is 9.69. The molecule has 0 aromatic carbocycles. The van der Waals surface area contributed by atoms with E-state index in [-0.39, 0.29) is 103 Å². The summed E-state index contributed by atoms with van der Waals surface area (Å²) in [4.78, 5) is 38.5. The third-order valence-corrected chi connectivity index (χ3v) is 1.29. The maximum Gasteiger partial charge on any atom is 1.00 e. The minimum Gasteiger partial charge on any atom is -0.550 e. The number of aliphatic hydroxyl groups is 2. The topological polar surface area (TPSA) is 195 Å². The first-order valence-corrected chi connectivity index (χ1v) is 4.29. The number of carboxylic acid groups (broad SMARTS) is 4. The molecule has 0 amide bonds. The fourth-order valence-electron chi connectivity index (χ4n) is 0.490. The monoisotopic (exact) mass is 344 g/mol. The van der Waals surface area contributed by atoms with E-state index in [2.05, 4.69) is 0 Å². The summed E-state index contributed by atoms with van der Waals surface area (Å²) < 4.78 is 0. The van der Waals surface area contributed by atoms with Crippen molar-refractivity contribution < 1.29 is 153 Å². The predicted molar refractivity (Wildman–Crippen MR) is 46.5 cm³/mol. The van der Waals surface area contributed by atoms with Crippen LogP contribution < -0.4 is 113 Å². The Bertz CT molecular complexity index is 299. The molecule has 0 fully saturated rings. The number of carbonyl (C=O) groups is 4. The Hall–Kier alpha value is 1.07. The summed E-state index contributed by atoms with van der Waals surface area (Å²) in [5.41, 5.74) is 0. The van der Waals surface area contributed by atoms with E-state index in [1.165, 1.54) is 0 Å². The first kappa shape index (κ1) is 29.1. The van der Waals surface area contributed by atoms with Gasteiger partial charge in [0, 0.05) is 24.8 Å². The summed E-state index contributed by atoms with van der Waals surface area (Å²) in [5, 5.41) is 51.5. The Morgan fingerprint density at radius 3 is 1.00 bits per heavy atom. The normalized spacial score (nSPS) is 11.3. The van der Waals surface area contributed by atoms with Gasteiger partial charge in [0.1, 0.15) is 0 Å². The van der Waals surface area contributed by atoms with Gasteiger partial charge in [-0.3, -0.25) is 0 Å². The van der Waals surface area contributed by atoms with E-state index < -0.39 is 48.9 Å². The largest absolute Gasteiger partial charge is 1.00 e. The summed E-state index contributed by atoms with van der Waals surface area (Å²) in [6.45, 7) is 0. The summed E-state index contributed by atoms with van der Waals surface area (Å²) in [6, 6.07) is 0. The van der Waals surface area contributed by atoms with E-state index in [9.17, 15) is 29.4 Å². The molecule has 4 N–H and O–H groups in total. The Kier molecular flexibility index (Phi) is 23.9. The molecule has 0 saturated heterocycles. The molecule has 0 aromatic rings. The molecule has 0 spiro atoms. The SMILES string of the molecule is O=C([O-])CC(O)C(=O)O.O=C([O-])CC(O)C(=O)O.[K+].[K+]. The van der Waals surface area contributed by atoms with Gasteiger partial charge in [-0.25, -0.2) is 9.59 Å². The fourth-order valence-corrected chi connectivity index (χ4v) is 0.490. The summed E-state index contributed by atoms with van der Waals surface area (Å²) in [5.74, 6) is -6.27. The molecule has 0 rings (SSSR count). The Morgan fingerprint density at radius 2 is 0.950 bits per heavy atom. The van der Waals surface area contributed by atoms with E-state index in [0.717, 1.165) is 0 Å². The molecule has 0 saturated carbocycles. The molecule has 0 aliphatic carbocycles. The number of aliphatic hydroxyl groups excluding tert-OH is 2. The first-order valence-electron chi connectivity index (χ1n) is 4.29. The molecule has 0 bridgehead atoms. The molecule has 2 atom stereocenters. The summed E-state index contributed by atoms with van der Waals surface area (Å²) in [7, 11) is 0. The van der Waals surface area contributed by atoms with Gasteiger partial charge in [-0.05, 0) is 0 Å². The zero-order valence-corrected chi connectivity index (χ0v) is 17.1. The van der Waals surface area contributed by atoms with Crippen LogP contribution in [0.15, 0.2) is 0 Å². The van der Waals surface area contributed by atoms with Gasteiger partial charge in [-0.1, -0.05) is 0 Å². The van der Waals surface area contributed by atoms with Gasteiger partial charge in [0.05, 0.1) is 0 Å². The van der Waals surface area contributed by atoms with Crippen LogP contribution in [0.4, 0.5) is 0 Å². The summed E-state index contributed by atoms with van der Waals surface area (Å²) in [6.07, 6.45) is -5.44. The number of aliphatic carboxylic acids is 4. The minimum absolute atomic E-state index is 0. The second-order valence-corrected chi connectivity index (χ2v) is 2.86. The predicted octanol–water partition coefficient (Wildman–Crippen LogP) is -10.8. The van der Waals surface area contributed by atoms with E-state index in [1.807, 2.05) is 0 Å². The number of carboxylic acids is 4. The van der Waals surface area contributed by atoms with Crippen molar-refractivity contribution in [2.45, 2.75) is 25.0 Å². The third-order valence-electron chi connectivity index (χ3n) is 1.29. The fraction of sp³-hybridized carbons (Fsp3) is 0.500. The molecule has 12 heteroatoms. The van der Waals surface area contributed by atoms with Gasteiger partial charge in [0.2, 0.25) is 0 Å². The zero-order valence-electron chi connectivity index (χ0n) is 10.8. The second kappa shape index (κ2) is 16.4. The molecule has 20 heavy (non-hydrogen) atoms. The van der Waals surface area contributed by atoms with Crippen molar-refractivity contribution in [1.82, 2.24) is 0 Å². The van der Waals surface area contributed by atoms with Crippen LogP contribution in [0.1, 0.15) is 12.8 Å². The van der Waals surface area contributed by atoms with Gasteiger partial charge < -0.3 is 40.2 Å². The van der Waals surface area contributed by atoms with Crippen molar-refractivity contribution in [2.24, 2.45) is 0 Å². The quantitative estimate of drug-likeness (QED) is 0.336. The van der Waals surface area contributed by atoms with Crippen molar-refractivity contribution in [3.8, 4) is 0 Å². The molecular weight excluding hydrogens is 334 g/mol. The smallest absolute Gasteiger partial charge is 0.550 e. The van der Waals surface area contributed by atoms with Gasteiger partial charge in [0.15, 0.2) is 12.2 Å². The average Bonchev–Trinajstić information content (AvgIpc) is 2.16. The molecule has 0 aliphatic heterocycles. The van der Waals surface area contributed by atoms with Crippen molar-refractivity contribution >= 4 is 23.9 Å². The van der Waals surface area contributed by atoms with E-state index >= 15 is 0 Å². The molecule has 10 nitrogen and oxygen atoms in total. The molecule has 0 radical (unpaired) electrons. The van der Waals surface area contributed by atoms with Crippen LogP contribution in [-0.4, -0.2) is 56.5 Å². The van der Waals surface area contributed by atoms with Crippen molar-refractivity contribution in [2.75, 3.05) is 0 Å². The van der Waals surface area contributed by atoms with Crippen LogP contribution in [0.5, 0.6) is 0 Å². The number of hydrogen-bond acceptors (Lipinski definition) is 8. The van der Waals surface area contributed by atoms with Crippen LogP contribution >= 0.6 is 0 Å². The van der Waals surface area contributed by atoms with E-state index in [0.29, 0.717) is 0 Å². The van der Waals surface area contributed by atoms with Gasteiger partial charge in [-0.2, -0.15) is 0 Å². The van der Waals surface area contributed by atoms with Crippen molar-refractivity contribution in [3.05, 3.63) is 0 Å². The van der Waals surface area contributed by atoms with Crippen LogP contribution in [0, 0.1) is 0 Å². The van der Waals surface area contributed by atoms with Crippen molar-refractivity contribution in [1.29, 1.82) is 0 Å². The number of rotatable bonds is 6. The van der Waals surface area contributed by atoms with Gasteiger partial charge >= 0.3 is 115 Å². The zero-order chi connectivity index (χ0) is 14.9. The van der Waals surface area contributed by atoms with Crippen LogP contribution in [0.2, 0.25) is 0 Å². The number of hydrogen-bond donors (Lipinski definition) is 4. The Balaban J connectivity index is -0.000000116. The maximum absolute atomic E-state index is 9.69. The standard InChI is InChI=1S/2C4H6O5.2K/c2*5-2(4(8)9)1-3(6)7;;/h2*2,5H,1H2,(H,6,7)(H,8,9);;/q;;2*+1/p-2. The van der Waals surface area contributed by atoms with E-state index in [1.54, 1.807) is 0 Å². The third kappa shape index (κ3) is 21.4. The van der Waals surface area contributed by atoms with Crippen molar-refractivity contribution in [3.63, 3.8) is 0 Å². The number of carbonyl (C=O) groups excluding carboxylic acids is 2. The molecular formula is C8H10K2O10. The summed E-state index contributed by atoms with van der Waals surface area (Å²) >= 11 is 0. The Morgan fingerprint density at radius 1 is 0.750 bits per heavy atom. The Labute approximate surface area is 198 Å². The molecule has 0 aromatic heterocycles. The molecule has 2 unspecified atom stereocenters. The molecule has 0 aliphatic rings. The van der Waals surface area contributed by atoms with Crippen LogP contribution in [0.25, 0.3) is 0 Å². The van der Waals surface area contributed by atoms with Gasteiger partial charge in [0.25, 0.3) is 0 Å². The first-order chi connectivity index (χ1) is 8.07. The van der Waals surface area contributed by atoms with E-state index in [4.69, 9.17) is 20.4 Å². The minimum atomic E-state index is -1.85. The average molecular weight is 344 g/mol. The second-order valence-electron chi connectivity index (χ2n) is 2.86.